The van der Waals surface area contributed by atoms with E-state index in [0.29, 0.717) is 12.2 Å². The zero-order chi connectivity index (χ0) is 12.3. The van der Waals surface area contributed by atoms with Gasteiger partial charge in [-0.25, -0.2) is 4.98 Å². The SMILES string of the molecule is Cc1ccc(CN(C)c2ccnc(C#N)c2)o1. The van der Waals surface area contributed by atoms with Crippen LogP contribution in [0.2, 0.25) is 0 Å². The van der Waals surface area contributed by atoms with Gasteiger partial charge in [0, 0.05) is 18.9 Å². The molecule has 0 N–H and O–H groups in total. The maximum absolute atomic E-state index is 8.79. The highest BCUT2D eigenvalue weighted by Gasteiger charge is 2.06. The molecule has 2 rings (SSSR count). The fourth-order valence-electron chi connectivity index (χ4n) is 1.61. The van der Waals surface area contributed by atoms with Crippen LogP contribution in [0.3, 0.4) is 0 Å². The van der Waals surface area contributed by atoms with Gasteiger partial charge in [0.25, 0.3) is 0 Å². The summed E-state index contributed by atoms with van der Waals surface area (Å²) in [5, 5.41) is 8.79. The van der Waals surface area contributed by atoms with Gasteiger partial charge in [0.15, 0.2) is 0 Å². The third kappa shape index (κ3) is 2.64. The Balaban J connectivity index is 2.14. The monoisotopic (exact) mass is 227 g/mol. The van der Waals surface area contributed by atoms with E-state index < -0.39 is 0 Å². The van der Waals surface area contributed by atoms with Gasteiger partial charge in [0.2, 0.25) is 0 Å². The first kappa shape index (κ1) is 11.2. The van der Waals surface area contributed by atoms with E-state index in [4.69, 9.17) is 9.68 Å². The Labute approximate surface area is 100 Å². The summed E-state index contributed by atoms with van der Waals surface area (Å²) in [5.41, 5.74) is 1.37. The summed E-state index contributed by atoms with van der Waals surface area (Å²) in [7, 11) is 1.95. The van der Waals surface area contributed by atoms with Crippen LogP contribution in [-0.2, 0) is 6.54 Å². The Kier molecular flexibility index (Phi) is 3.10. The highest BCUT2D eigenvalue weighted by molar-refractivity contribution is 5.48. The van der Waals surface area contributed by atoms with E-state index in [1.165, 1.54) is 0 Å². The summed E-state index contributed by atoms with van der Waals surface area (Å²) in [6, 6.07) is 9.56. The number of furan rings is 1. The number of nitriles is 1. The van der Waals surface area contributed by atoms with Crippen molar-refractivity contribution in [2.75, 3.05) is 11.9 Å². The molecule has 0 saturated carbocycles. The number of anilines is 1. The van der Waals surface area contributed by atoms with Crippen LogP contribution < -0.4 is 4.90 Å². The van der Waals surface area contributed by atoms with Crippen LogP contribution in [-0.4, -0.2) is 12.0 Å². The molecular formula is C13H13N3O. The summed E-state index contributed by atoms with van der Waals surface area (Å²) in [5.74, 6) is 1.81. The zero-order valence-corrected chi connectivity index (χ0v) is 9.84. The van der Waals surface area contributed by atoms with Gasteiger partial charge in [0.1, 0.15) is 23.3 Å². The summed E-state index contributed by atoms with van der Waals surface area (Å²) >= 11 is 0. The number of pyridine rings is 1. The van der Waals surface area contributed by atoms with Gasteiger partial charge in [-0.3, -0.25) is 0 Å². The van der Waals surface area contributed by atoms with Gasteiger partial charge in [-0.15, -0.1) is 0 Å². The molecule has 0 radical (unpaired) electrons. The molecule has 86 valence electrons. The Morgan fingerprint density at radius 1 is 1.41 bits per heavy atom. The van der Waals surface area contributed by atoms with Gasteiger partial charge in [-0.2, -0.15) is 5.26 Å². The van der Waals surface area contributed by atoms with Crippen LogP contribution in [0.1, 0.15) is 17.2 Å². The highest BCUT2D eigenvalue weighted by Crippen LogP contribution is 2.16. The van der Waals surface area contributed by atoms with E-state index in [1.807, 2.05) is 43.1 Å². The van der Waals surface area contributed by atoms with Gasteiger partial charge in [-0.05, 0) is 31.2 Å². The van der Waals surface area contributed by atoms with Crippen molar-refractivity contribution in [1.82, 2.24) is 4.98 Å². The lowest BCUT2D eigenvalue weighted by atomic mass is 10.3. The molecule has 17 heavy (non-hydrogen) atoms. The van der Waals surface area contributed by atoms with E-state index in [1.54, 1.807) is 12.3 Å². The Hall–Kier alpha value is -2.28. The van der Waals surface area contributed by atoms with Crippen molar-refractivity contribution in [2.45, 2.75) is 13.5 Å². The maximum atomic E-state index is 8.79. The molecule has 0 fully saturated rings. The predicted octanol–water partition coefficient (Wildman–Crippen LogP) is 2.49. The molecule has 0 aliphatic rings. The quantitative estimate of drug-likeness (QED) is 0.808. The second-order valence-corrected chi connectivity index (χ2v) is 3.88. The molecule has 0 aliphatic heterocycles. The fraction of sp³-hybridized carbons (Fsp3) is 0.231. The second-order valence-electron chi connectivity index (χ2n) is 3.88. The number of hydrogen-bond acceptors (Lipinski definition) is 4. The van der Waals surface area contributed by atoms with Crippen LogP contribution in [0.15, 0.2) is 34.9 Å². The predicted molar refractivity (Wildman–Crippen MR) is 64.5 cm³/mol. The second kappa shape index (κ2) is 4.71. The number of aryl methyl sites for hydroxylation is 1. The van der Waals surface area contributed by atoms with Crippen molar-refractivity contribution in [1.29, 1.82) is 5.26 Å². The summed E-state index contributed by atoms with van der Waals surface area (Å²) < 4.78 is 5.51. The minimum Gasteiger partial charge on any atom is -0.464 e. The molecule has 0 saturated heterocycles. The average molecular weight is 227 g/mol. The van der Waals surface area contributed by atoms with Crippen molar-refractivity contribution in [2.24, 2.45) is 0 Å². The van der Waals surface area contributed by atoms with Crippen LogP contribution in [0.4, 0.5) is 5.69 Å². The Morgan fingerprint density at radius 3 is 2.88 bits per heavy atom. The number of nitrogens with zero attached hydrogens (tertiary/aromatic N) is 3. The summed E-state index contributed by atoms with van der Waals surface area (Å²) in [4.78, 5) is 5.95. The molecule has 2 heterocycles. The normalized spacial score (nSPS) is 9.94. The Bertz CT molecular complexity index is 554. The van der Waals surface area contributed by atoms with Crippen molar-refractivity contribution in [3.63, 3.8) is 0 Å². The van der Waals surface area contributed by atoms with Crippen LogP contribution in [0.5, 0.6) is 0 Å². The molecule has 0 atom stereocenters. The molecule has 0 bridgehead atoms. The van der Waals surface area contributed by atoms with Crippen molar-refractivity contribution < 1.29 is 4.42 Å². The van der Waals surface area contributed by atoms with Crippen LogP contribution in [0, 0.1) is 18.3 Å². The highest BCUT2D eigenvalue weighted by atomic mass is 16.3. The molecule has 0 aromatic carbocycles. The first-order chi connectivity index (χ1) is 8.19. The van der Waals surface area contributed by atoms with E-state index in [9.17, 15) is 0 Å². The van der Waals surface area contributed by atoms with Gasteiger partial charge in [-0.1, -0.05) is 0 Å². The number of aromatic nitrogens is 1. The summed E-state index contributed by atoms with van der Waals surface area (Å²) in [6.45, 7) is 2.59. The van der Waals surface area contributed by atoms with E-state index in [-0.39, 0.29) is 0 Å². The lowest BCUT2D eigenvalue weighted by molar-refractivity contribution is 0.482. The topological polar surface area (TPSA) is 53.1 Å². The standard InChI is InChI=1S/C13H13N3O/c1-10-3-4-13(17-10)9-16(2)12-5-6-15-11(7-12)8-14/h3-7H,9H2,1-2H3. The van der Waals surface area contributed by atoms with E-state index >= 15 is 0 Å². The van der Waals surface area contributed by atoms with Gasteiger partial charge >= 0.3 is 0 Å². The molecule has 0 unspecified atom stereocenters. The molecule has 0 spiro atoms. The van der Waals surface area contributed by atoms with Crippen molar-refractivity contribution >= 4 is 5.69 Å². The molecule has 4 heteroatoms. The average Bonchev–Trinajstić information content (AvgIpc) is 2.75. The molecule has 2 aromatic rings. The van der Waals surface area contributed by atoms with Gasteiger partial charge < -0.3 is 9.32 Å². The van der Waals surface area contributed by atoms with E-state index in [2.05, 4.69) is 4.98 Å². The fourth-order valence-corrected chi connectivity index (χ4v) is 1.61. The number of rotatable bonds is 3. The molecule has 2 aromatic heterocycles. The smallest absolute Gasteiger partial charge is 0.142 e. The van der Waals surface area contributed by atoms with Crippen molar-refractivity contribution in [3.05, 3.63) is 47.7 Å². The zero-order valence-electron chi connectivity index (χ0n) is 9.84. The third-order valence-corrected chi connectivity index (χ3v) is 2.49. The molecule has 0 amide bonds. The largest absolute Gasteiger partial charge is 0.464 e. The first-order valence-corrected chi connectivity index (χ1v) is 5.31. The Morgan fingerprint density at radius 2 is 2.24 bits per heavy atom. The molecule has 0 aliphatic carbocycles. The summed E-state index contributed by atoms with van der Waals surface area (Å²) in [6.07, 6.45) is 1.64. The maximum Gasteiger partial charge on any atom is 0.142 e. The van der Waals surface area contributed by atoms with Gasteiger partial charge in [0.05, 0.1) is 6.54 Å². The van der Waals surface area contributed by atoms with Crippen LogP contribution in [0.25, 0.3) is 0 Å². The van der Waals surface area contributed by atoms with E-state index in [0.717, 1.165) is 17.2 Å². The molecule has 4 nitrogen and oxygen atoms in total. The minimum atomic E-state index is 0.421. The first-order valence-electron chi connectivity index (χ1n) is 5.31. The lowest BCUT2D eigenvalue weighted by Gasteiger charge is -2.17. The minimum absolute atomic E-state index is 0.421. The number of hydrogen-bond donors (Lipinski definition) is 0. The van der Waals surface area contributed by atoms with Crippen LogP contribution >= 0.6 is 0 Å². The van der Waals surface area contributed by atoms with Crippen molar-refractivity contribution in [3.8, 4) is 6.07 Å². The molecular weight excluding hydrogens is 214 g/mol. The lowest BCUT2D eigenvalue weighted by Crippen LogP contribution is -2.16. The third-order valence-electron chi connectivity index (χ3n) is 2.49.